The zero-order valence-electron chi connectivity index (χ0n) is 13.5. The first kappa shape index (κ1) is 15.9. The Morgan fingerprint density at radius 1 is 1.36 bits per heavy atom. The van der Waals surface area contributed by atoms with Gasteiger partial charge in [0.25, 0.3) is 5.91 Å². The zero-order chi connectivity index (χ0) is 17.6. The van der Waals surface area contributed by atoms with Crippen LogP contribution in [0.1, 0.15) is 35.2 Å². The smallest absolute Gasteiger partial charge is 0.293 e. The normalized spacial score (nSPS) is 16.6. The Balaban J connectivity index is 1.66. The van der Waals surface area contributed by atoms with Gasteiger partial charge in [-0.05, 0) is 43.4 Å². The van der Waals surface area contributed by atoms with Crippen LogP contribution in [0.2, 0.25) is 5.02 Å². The van der Waals surface area contributed by atoms with Crippen molar-refractivity contribution < 1.29 is 13.7 Å². The lowest BCUT2D eigenvalue weighted by atomic mass is 9.89. The van der Waals surface area contributed by atoms with E-state index in [-0.39, 0.29) is 11.2 Å². The second-order valence-electron chi connectivity index (χ2n) is 6.35. The van der Waals surface area contributed by atoms with Gasteiger partial charge in [-0.3, -0.25) is 14.9 Å². The number of rotatable bonds is 2. The molecule has 6 nitrogen and oxygen atoms in total. The molecule has 2 aromatic heterocycles. The van der Waals surface area contributed by atoms with Gasteiger partial charge in [0, 0.05) is 16.7 Å². The molecule has 128 valence electrons. The maximum Gasteiger partial charge on any atom is 0.293 e. The summed E-state index contributed by atoms with van der Waals surface area (Å²) in [5.41, 5.74) is 1.77. The van der Waals surface area contributed by atoms with Crippen molar-refractivity contribution in [1.29, 1.82) is 0 Å². The lowest BCUT2D eigenvalue weighted by molar-refractivity contribution is 0.0994. The maximum absolute atomic E-state index is 12.5. The summed E-state index contributed by atoms with van der Waals surface area (Å²) in [6.07, 6.45) is 2.69. The number of nitrogens with zero attached hydrogens (tertiary/aromatic N) is 1. The SMILES string of the molecule is CC1CCc2noc(NC(=O)c3cc(=O)c4cc(Cl)ccc4o3)c2C1. The second kappa shape index (κ2) is 6.04. The molecule has 1 atom stereocenters. The summed E-state index contributed by atoms with van der Waals surface area (Å²) >= 11 is 5.89. The average molecular weight is 359 g/mol. The number of aromatic nitrogens is 1. The monoisotopic (exact) mass is 358 g/mol. The van der Waals surface area contributed by atoms with Crippen LogP contribution in [-0.4, -0.2) is 11.1 Å². The van der Waals surface area contributed by atoms with Crippen LogP contribution in [0.3, 0.4) is 0 Å². The van der Waals surface area contributed by atoms with Crippen LogP contribution in [0.15, 0.2) is 38.0 Å². The highest BCUT2D eigenvalue weighted by atomic mass is 35.5. The topological polar surface area (TPSA) is 85.3 Å². The molecule has 1 N–H and O–H groups in total. The summed E-state index contributed by atoms with van der Waals surface area (Å²) in [4.78, 5) is 24.7. The molecular weight excluding hydrogens is 344 g/mol. The van der Waals surface area contributed by atoms with Crippen molar-refractivity contribution in [3.05, 3.63) is 56.5 Å². The number of fused-ring (bicyclic) bond motifs is 2. The number of aryl methyl sites for hydroxylation is 1. The fraction of sp³-hybridized carbons (Fsp3) is 0.278. The Kier molecular flexibility index (Phi) is 3.84. The summed E-state index contributed by atoms with van der Waals surface area (Å²) in [7, 11) is 0. The largest absolute Gasteiger partial charge is 0.451 e. The fourth-order valence-electron chi connectivity index (χ4n) is 3.09. The summed E-state index contributed by atoms with van der Waals surface area (Å²) in [6, 6.07) is 5.83. The van der Waals surface area contributed by atoms with Crippen molar-refractivity contribution in [1.82, 2.24) is 5.16 Å². The van der Waals surface area contributed by atoms with Crippen LogP contribution < -0.4 is 10.7 Å². The van der Waals surface area contributed by atoms with Crippen molar-refractivity contribution in [2.75, 3.05) is 5.32 Å². The standard InChI is InChI=1S/C18H15ClN2O4/c1-9-2-4-13-11(6-9)18(25-21-13)20-17(23)16-8-14(22)12-7-10(19)3-5-15(12)24-16/h3,5,7-9H,2,4,6H2,1H3,(H,20,23). The molecule has 25 heavy (non-hydrogen) atoms. The summed E-state index contributed by atoms with van der Waals surface area (Å²) in [6.45, 7) is 2.15. The molecule has 1 aliphatic rings. The third kappa shape index (κ3) is 2.93. The van der Waals surface area contributed by atoms with E-state index in [4.69, 9.17) is 20.5 Å². The number of carbonyl (C=O) groups excluding carboxylic acids is 1. The van der Waals surface area contributed by atoms with Crippen molar-refractivity contribution in [3.63, 3.8) is 0 Å². The van der Waals surface area contributed by atoms with E-state index in [0.717, 1.165) is 36.6 Å². The number of halogens is 1. The Hall–Kier alpha value is -2.60. The van der Waals surface area contributed by atoms with Gasteiger partial charge in [0.1, 0.15) is 5.58 Å². The lowest BCUT2D eigenvalue weighted by Gasteiger charge is -2.16. The van der Waals surface area contributed by atoms with E-state index in [1.165, 1.54) is 6.07 Å². The first-order valence-corrected chi connectivity index (χ1v) is 8.41. The molecule has 0 bridgehead atoms. The number of anilines is 1. The second-order valence-corrected chi connectivity index (χ2v) is 6.79. The van der Waals surface area contributed by atoms with Crippen molar-refractivity contribution in [3.8, 4) is 0 Å². The highest BCUT2D eigenvalue weighted by Crippen LogP contribution is 2.30. The number of amides is 1. The Morgan fingerprint density at radius 2 is 2.20 bits per heavy atom. The van der Waals surface area contributed by atoms with Crippen molar-refractivity contribution >= 4 is 34.4 Å². The van der Waals surface area contributed by atoms with Crippen molar-refractivity contribution in [2.45, 2.75) is 26.2 Å². The predicted octanol–water partition coefficient (Wildman–Crippen LogP) is 3.81. The quantitative estimate of drug-likeness (QED) is 0.752. The minimum Gasteiger partial charge on any atom is -0.451 e. The molecule has 0 saturated heterocycles. The Labute approximate surface area is 147 Å². The van der Waals surface area contributed by atoms with E-state index in [0.29, 0.717) is 27.8 Å². The predicted molar refractivity (Wildman–Crippen MR) is 93.1 cm³/mol. The maximum atomic E-state index is 12.5. The summed E-state index contributed by atoms with van der Waals surface area (Å²) < 4.78 is 10.8. The number of hydrogen-bond donors (Lipinski definition) is 1. The third-order valence-electron chi connectivity index (χ3n) is 4.44. The summed E-state index contributed by atoms with van der Waals surface area (Å²) in [5.74, 6) is 0.191. The molecule has 1 aromatic carbocycles. The molecule has 0 fully saturated rings. The van der Waals surface area contributed by atoms with Crippen LogP contribution in [0.4, 0.5) is 5.88 Å². The molecular formula is C18H15ClN2O4. The summed E-state index contributed by atoms with van der Waals surface area (Å²) in [5, 5.41) is 7.44. The first-order chi connectivity index (χ1) is 12.0. The van der Waals surface area contributed by atoms with E-state index >= 15 is 0 Å². The minimum absolute atomic E-state index is 0.0890. The van der Waals surface area contributed by atoms with Crippen LogP contribution in [-0.2, 0) is 12.8 Å². The molecule has 4 rings (SSSR count). The molecule has 2 heterocycles. The molecule has 1 unspecified atom stereocenters. The van der Waals surface area contributed by atoms with Gasteiger partial charge in [-0.15, -0.1) is 0 Å². The van der Waals surface area contributed by atoms with Gasteiger partial charge in [0.15, 0.2) is 11.2 Å². The van der Waals surface area contributed by atoms with E-state index in [2.05, 4.69) is 17.4 Å². The zero-order valence-corrected chi connectivity index (χ0v) is 14.2. The Bertz CT molecular complexity index is 1040. The van der Waals surface area contributed by atoms with Gasteiger partial charge in [-0.1, -0.05) is 23.7 Å². The van der Waals surface area contributed by atoms with Gasteiger partial charge in [0.2, 0.25) is 5.88 Å². The molecule has 7 heteroatoms. The molecule has 0 saturated carbocycles. The van der Waals surface area contributed by atoms with Crippen LogP contribution in [0, 0.1) is 5.92 Å². The van der Waals surface area contributed by atoms with E-state index in [9.17, 15) is 9.59 Å². The van der Waals surface area contributed by atoms with Crippen LogP contribution in [0.5, 0.6) is 0 Å². The molecule has 0 radical (unpaired) electrons. The minimum atomic E-state index is -0.550. The van der Waals surface area contributed by atoms with Gasteiger partial charge in [0.05, 0.1) is 11.1 Å². The van der Waals surface area contributed by atoms with E-state index in [1.807, 2.05) is 0 Å². The van der Waals surface area contributed by atoms with Crippen LogP contribution >= 0.6 is 11.6 Å². The first-order valence-electron chi connectivity index (χ1n) is 8.03. The van der Waals surface area contributed by atoms with Gasteiger partial charge in [-0.2, -0.15) is 0 Å². The molecule has 1 amide bonds. The fourth-order valence-corrected chi connectivity index (χ4v) is 3.26. The lowest BCUT2D eigenvalue weighted by Crippen LogP contribution is -2.17. The van der Waals surface area contributed by atoms with Gasteiger partial charge < -0.3 is 8.94 Å². The van der Waals surface area contributed by atoms with Crippen LogP contribution in [0.25, 0.3) is 11.0 Å². The number of carbonyl (C=O) groups is 1. The Morgan fingerprint density at radius 3 is 3.04 bits per heavy atom. The number of benzene rings is 1. The molecule has 0 spiro atoms. The molecule has 0 aliphatic heterocycles. The van der Waals surface area contributed by atoms with Crippen molar-refractivity contribution in [2.24, 2.45) is 5.92 Å². The third-order valence-corrected chi connectivity index (χ3v) is 4.67. The number of hydrogen-bond acceptors (Lipinski definition) is 5. The highest BCUT2D eigenvalue weighted by Gasteiger charge is 2.25. The molecule has 3 aromatic rings. The highest BCUT2D eigenvalue weighted by molar-refractivity contribution is 6.31. The average Bonchev–Trinajstić information content (AvgIpc) is 2.97. The van der Waals surface area contributed by atoms with E-state index in [1.54, 1.807) is 12.1 Å². The van der Waals surface area contributed by atoms with E-state index < -0.39 is 5.91 Å². The number of nitrogens with one attached hydrogen (secondary N) is 1. The van der Waals surface area contributed by atoms with Gasteiger partial charge >= 0.3 is 0 Å². The molecule has 1 aliphatic carbocycles. The van der Waals surface area contributed by atoms with Gasteiger partial charge in [-0.25, -0.2) is 0 Å².